The van der Waals surface area contributed by atoms with Gasteiger partial charge < -0.3 is 19.3 Å². The molecule has 0 aromatic heterocycles. The number of carbonyl (C=O) groups is 1. The fourth-order valence-corrected chi connectivity index (χ4v) is 5.38. The van der Waals surface area contributed by atoms with E-state index in [1.54, 1.807) is 18.2 Å². The quantitative estimate of drug-likeness (QED) is 0.627. The normalized spacial score (nSPS) is 16.4. The molecule has 1 heterocycles. The Balaban J connectivity index is 2.07. The number of ether oxygens (including phenoxy) is 3. The van der Waals surface area contributed by atoms with Crippen LogP contribution in [0.5, 0.6) is 17.2 Å². The molecule has 0 spiro atoms. The van der Waals surface area contributed by atoms with Crippen molar-refractivity contribution < 1.29 is 32.5 Å². The molecule has 0 saturated carbocycles. The van der Waals surface area contributed by atoms with Crippen molar-refractivity contribution in [3.63, 3.8) is 0 Å². The summed E-state index contributed by atoms with van der Waals surface area (Å²) in [5.41, 5.74) is 1.48. The fourth-order valence-electron chi connectivity index (χ4n) is 3.77. The molecule has 2 aromatic rings. The van der Waals surface area contributed by atoms with Gasteiger partial charge in [0.05, 0.1) is 37.7 Å². The molecule has 168 valence electrons. The summed E-state index contributed by atoms with van der Waals surface area (Å²) in [4.78, 5) is 11.7. The van der Waals surface area contributed by atoms with E-state index >= 15 is 0 Å². The lowest BCUT2D eigenvalue weighted by molar-refractivity contribution is -0.138. The van der Waals surface area contributed by atoms with Crippen LogP contribution in [0, 0.1) is 0 Å². The Morgan fingerprint density at radius 2 is 1.71 bits per heavy atom. The highest BCUT2D eigenvalue weighted by molar-refractivity contribution is 7.89. The first-order valence-corrected chi connectivity index (χ1v) is 11.6. The molecule has 2 aromatic carbocycles. The van der Waals surface area contributed by atoms with Crippen LogP contribution in [0.1, 0.15) is 37.4 Å². The zero-order valence-corrected chi connectivity index (χ0v) is 18.6. The van der Waals surface area contributed by atoms with E-state index in [4.69, 9.17) is 14.2 Å². The maximum absolute atomic E-state index is 13.4. The molecule has 0 radical (unpaired) electrons. The van der Waals surface area contributed by atoms with Gasteiger partial charge >= 0.3 is 5.97 Å². The van der Waals surface area contributed by atoms with Crippen LogP contribution in [0.2, 0.25) is 0 Å². The van der Waals surface area contributed by atoms with Gasteiger partial charge in [-0.1, -0.05) is 0 Å². The Kier molecular flexibility index (Phi) is 7.07. The number of sulfonamides is 1. The molecule has 0 saturated heterocycles. The van der Waals surface area contributed by atoms with Gasteiger partial charge in [-0.2, -0.15) is 4.31 Å². The van der Waals surface area contributed by atoms with Crippen LogP contribution in [-0.4, -0.2) is 50.7 Å². The highest BCUT2D eigenvalue weighted by Crippen LogP contribution is 2.41. The van der Waals surface area contributed by atoms with Crippen LogP contribution < -0.4 is 14.2 Å². The van der Waals surface area contributed by atoms with E-state index in [1.165, 1.54) is 23.5 Å². The third kappa shape index (κ3) is 4.77. The van der Waals surface area contributed by atoms with Crippen molar-refractivity contribution in [2.24, 2.45) is 0 Å². The van der Waals surface area contributed by atoms with Gasteiger partial charge in [0.15, 0.2) is 11.5 Å². The van der Waals surface area contributed by atoms with Crippen molar-refractivity contribution in [2.75, 3.05) is 26.9 Å². The molecular weight excluding hydrogens is 422 g/mol. The number of nitrogens with zero attached hydrogens (tertiary/aromatic N) is 1. The first kappa shape index (κ1) is 22.9. The number of rotatable bonds is 9. The molecule has 1 aliphatic rings. The van der Waals surface area contributed by atoms with Gasteiger partial charge in [-0.05, 0) is 67.8 Å². The number of carboxylic acids is 1. The molecule has 0 amide bonds. The number of methoxy groups -OCH3 is 1. The fraction of sp³-hybridized carbons (Fsp3) is 0.409. The molecule has 1 N–H and O–H groups in total. The standard InChI is InChI=1S/C22H27NO7S/c1-4-29-20-12-15-10-11-23(31(26,27)17-8-6-16(28-3)7-9-17)19(14-22(24)25)18(15)13-21(20)30-5-2/h6-9,12-13,19H,4-5,10-11,14H2,1-3H3,(H,24,25). The lowest BCUT2D eigenvalue weighted by Crippen LogP contribution is -2.41. The van der Waals surface area contributed by atoms with Gasteiger partial charge in [-0.25, -0.2) is 8.42 Å². The molecule has 0 aliphatic carbocycles. The Hall–Kier alpha value is -2.78. The van der Waals surface area contributed by atoms with Gasteiger partial charge in [0.1, 0.15) is 5.75 Å². The number of fused-ring (bicyclic) bond motifs is 1. The molecule has 3 rings (SSSR count). The summed E-state index contributed by atoms with van der Waals surface area (Å²) >= 11 is 0. The Morgan fingerprint density at radius 3 is 2.26 bits per heavy atom. The minimum atomic E-state index is -3.93. The summed E-state index contributed by atoms with van der Waals surface area (Å²) in [5, 5.41) is 9.53. The number of carboxylic acid groups (broad SMARTS) is 1. The van der Waals surface area contributed by atoms with E-state index in [1.807, 2.05) is 19.9 Å². The highest BCUT2D eigenvalue weighted by Gasteiger charge is 2.38. The monoisotopic (exact) mass is 449 g/mol. The van der Waals surface area contributed by atoms with Crippen molar-refractivity contribution in [2.45, 2.75) is 37.6 Å². The molecular formula is C22H27NO7S. The van der Waals surface area contributed by atoms with Crippen molar-refractivity contribution in [3.05, 3.63) is 47.5 Å². The van der Waals surface area contributed by atoms with E-state index in [2.05, 4.69) is 0 Å². The zero-order chi connectivity index (χ0) is 22.6. The predicted molar refractivity (Wildman–Crippen MR) is 114 cm³/mol. The predicted octanol–water partition coefficient (Wildman–Crippen LogP) is 3.26. The Labute approximate surface area is 182 Å². The third-order valence-corrected chi connectivity index (χ3v) is 7.07. The average molecular weight is 450 g/mol. The largest absolute Gasteiger partial charge is 0.497 e. The molecule has 0 bridgehead atoms. The second kappa shape index (κ2) is 9.57. The molecule has 8 nitrogen and oxygen atoms in total. The van der Waals surface area contributed by atoms with Crippen LogP contribution in [-0.2, 0) is 21.2 Å². The van der Waals surface area contributed by atoms with Crippen molar-refractivity contribution in [3.8, 4) is 17.2 Å². The second-order valence-electron chi connectivity index (χ2n) is 7.02. The SMILES string of the molecule is CCOc1cc2c(cc1OCC)C(CC(=O)O)N(S(=O)(=O)c1ccc(OC)cc1)CC2. The smallest absolute Gasteiger partial charge is 0.305 e. The molecule has 1 aliphatic heterocycles. The lowest BCUT2D eigenvalue weighted by atomic mass is 9.91. The van der Waals surface area contributed by atoms with Gasteiger partial charge in [-0.3, -0.25) is 4.79 Å². The van der Waals surface area contributed by atoms with Crippen LogP contribution in [0.4, 0.5) is 0 Å². The molecule has 31 heavy (non-hydrogen) atoms. The molecule has 1 unspecified atom stereocenters. The van der Waals surface area contributed by atoms with Crippen molar-refractivity contribution in [1.82, 2.24) is 4.31 Å². The minimum absolute atomic E-state index is 0.0862. The average Bonchev–Trinajstić information content (AvgIpc) is 2.74. The number of hydrogen-bond acceptors (Lipinski definition) is 6. The van der Waals surface area contributed by atoms with E-state index in [9.17, 15) is 18.3 Å². The molecule has 1 atom stereocenters. The van der Waals surface area contributed by atoms with Crippen LogP contribution in [0.25, 0.3) is 0 Å². The third-order valence-electron chi connectivity index (χ3n) is 5.15. The second-order valence-corrected chi connectivity index (χ2v) is 8.91. The summed E-state index contributed by atoms with van der Waals surface area (Å²) in [5.74, 6) is 0.500. The Morgan fingerprint density at radius 1 is 1.10 bits per heavy atom. The zero-order valence-electron chi connectivity index (χ0n) is 17.8. The maximum Gasteiger partial charge on any atom is 0.305 e. The summed E-state index contributed by atoms with van der Waals surface area (Å²) in [6.45, 7) is 4.72. The summed E-state index contributed by atoms with van der Waals surface area (Å²) in [6, 6.07) is 8.75. The summed E-state index contributed by atoms with van der Waals surface area (Å²) in [7, 11) is -2.43. The van der Waals surface area contributed by atoms with E-state index in [0.29, 0.717) is 42.4 Å². The van der Waals surface area contributed by atoms with Crippen molar-refractivity contribution >= 4 is 16.0 Å². The maximum atomic E-state index is 13.4. The van der Waals surface area contributed by atoms with Crippen LogP contribution >= 0.6 is 0 Å². The van der Waals surface area contributed by atoms with Gasteiger partial charge in [-0.15, -0.1) is 0 Å². The first-order valence-electron chi connectivity index (χ1n) is 10.1. The number of aliphatic carboxylic acids is 1. The number of benzene rings is 2. The van der Waals surface area contributed by atoms with Crippen molar-refractivity contribution in [1.29, 1.82) is 0 Å². The highest BCUT2D eigenvalue weighted by atomic mass is 32.2. The first-order chi connectivity index (χ1) is 14.8. The van der Waals surface area contributed by atoms with Gasteiger partial charge in [0, 0.05) is 6.54 Å². The van der Waals surface area contributed by atoms with Crippen LogP contribution in [0.3, 0.4) is 0 Å². The number of hydrogen-bond donors (Lipinski definition) is 1. The van der Waals surface area contributed by atoms with Crippen LogP contribution in [0.15, 0.2) is 41.3 Å². The summed E-state index contributed by atoms with van der Waals surface area (Å²) < 4.78 is 44.5. The molecule has 0 fully saturated rings. The van der Waals surface area contributed by atoms with Gasteiger partial charge in [0.2, 0.25) is 10.0 Å². The minimum Gasteiger partial charge on any atom is -0.497 e. The Bertz CT molecular complexity index is 1030. The van der Waals surface area contributed by atoms with E-state index < -0.39 is 22.0 Å². The molecule has 9 heteroatoms. The lowest BCUT2D eigenvalue weighted by Gasteiger charge is -2.36. The van der Waals surface area contributed by atoms with E-state index in [-0.39, 0.29) is 17.9 Å². The van der Waals surface area contributed by atoms with Gasteiger partial charge in [0.25, 0.3) is 0 Å². The van der Waals surface area contributed by atoms with E-state index in [0.717, 1.165) is 5.56 Å². The topological polar surface area (TPSA) is 102 Å². The summed E-state index contributed by atoms with van der Waals surface area (Å²) in [6.07, 6.45) is 0.0786.